The number of carbonyl (C=O) groups excluding carboxylic acids is 1. The normalized spacial score (nSPS) is 13.2. The van der Waals surface area contributed by atoms with Crippen molar-refractivity contribution in [2.75, 3.05) is 30.1 Å². The van der Waals surface area contributed by atoms with Crippen LogP contribution in [-0.2, 0) is 24.7 Å². The fraction of sp³-hybridized carbons (Fsp3) is 0.391. The highest BCUT2D eigenvalue weighted by atomic mass is 32.2. The van der Waals surface area contributed by atoms with Crippen LogP contribution in [0.5, 0.6) is 0 Å². The number of nitriles is 1. The lowest BCUT2D eigenvalue weighted by Gasteiger charge is -2.13. The molecule has 9 heteroatoms. The van der Waals surface area contributed by atoms with E-state index in [1.54, 1.807) is 11.3 Å². The van der Waals surface area contributed by atoms with Gasteiger partial charge in [0.2, 0.25) is 5.91 Å². The third-order valence-electron chi connectivity index (χ3n) is 5.57. The summed E-state index contributed by atoms with van der Waals surface area (Å²) in [5.41, 5.74) is 3.84. The van der Waals surface area contributed by atoms with Crippen LogP contribution in [0.1, 0.15) is 35.3 Å². The van der Waals surface area contributed by atoms with E-state index in [0.29, 0.717) is 15.7 Å². The number of amides is 1. The molecular formula is C23H26N6OS2. The Bertz CT molecular complexity index is 1170. The summed E-state index contributed by atoms with van der Waals surface area (Å²) >= 11 is 2.90. The summed E-state index contributed by atoms with van der Waals surface area (Å²) in [6.07, 6.45) is 5.37. The van der Waals surface area contributed by atoms with E-state index >= 15 is 0 Å². The Morgan fingerprint density at radius 3 is 2.88 bits per heavy atom. The lowest BCUT2D eigenvalue weighted by Crippen LogP contribution is -2.14. The number of thiophene rings is 1. The van der Waals surface area contributed by atoms with Gasteiger partial charge in [-0.1, -0.05) is 30.3 Å². The van der Waals surface area contributed by atoms with Crippen molar-refractivity contribution in [1.82, 2.24) is 14.8 Å². The first-order valence-corrected chi connectivity index (χ1v) is 12.4. The third-order valence-corrected chi connectivity index (χ3v) is 7.80. The molecule has 1 aliphatic rings. The minimum absolute atomic E-state index is 0.137. The van der Waals surface area contributed by atoms with Gasteiger partial charge in [-0.25, -0.2) is 0 Å². The van der Waals surface area contributed by atoms with E-state index in [9.17, 15) is 10.1 Å². The van der Waals surface area contributed by atoms with Crippen molar-refractivity contribution in [3.63, 3.8) is 0 Å². The van der Waals surface area contributed by atoms with Gasteiger partial charge in [0, 0.05) is 37.3 Å². The molecule has 0 fully saturated rings. The van der Waals surface area contributed by atoms with Crippen LogP contribution >= 0.6 is 23.1 Å². The molecule has 32 heavy (non-hydrogen) atoms. The zero-order valence-electron chi connectivity index (χ0n) is 18.5. The first-order chi connectivity index (χ1) is 15.5. The van der Waals surface area contributed by atoms with Crippen LogP contribution in [0.4, 0.5) is 10.7 Å². The van der Waals surface area contributed by atoms with Crippen molar-refractivity contribution in [2.45, 2.75) is 37.3 Å². The van der Waals surface area contributed by atoms with Crippen molar-refractivity contribution in [3.8, 4) is 17.5 Å². The number of fused-ring (bicyclic) bond motifs is 1. The molecule has 7 nitrogen and oxygen atoms in total. The highest BCUT2D eigenvalue weighted by Gasteiger charge is 2.21. The number of hydrogen-bond acceptors (Lipinski definition) is 7. The maximum Gasteiger partial charge on any atom is 0.235 e. The Morgan fingerprint density at radius 2 is 2.09 bits per heavy atom. The molecule has 166 valence electrons. The molecule has 0 aliphatic heterocycles. The van der Waals surface area contributed by atoms with Crippen molar-refractivity contribution < 1.29 is 4.79 Å². The zero-order chi connectivity index (χ0) is 22.7. The molecule has 2 aromatic heterocycles. The van der Waals surface area contributed by atoms with Gasteiger partial charge < -0.3 is 14.8 Å². The molecule has 1 amide bonds. The van der Waals surface area contributed by atoms with Crippen molar-refractivity contribution in [2.24, 2.45) is 7.05 Å². The van der Waals surface area contributed by atoms with E-state index in [4.69, 9.17) is 0 Å². The number of nitrogens with one attached hydrogen (secondary N) is 1. The van der Waals surface area contributed by atoms with Crippen LogP contribution in [0.2, 0.25) is 0 Å². The summed E-state index contributed by atoms with van der Waals surface area (Å²) in [6.45, 7) is 0. The predicted molar refractivity (Wildman–Crippen MR) is 130 cm³/mol. The topological polar surface area (TPSA) is 86.8 Å². The molecular weight excluding hydrogens is 440 g/mol. The summed E-state index contributed by atoms with van der Waals surface area (Å²) in [7, 11) is 5.90. The Kier molecular flexibility index (Phi) is 6.82. The minimum atomic E-state index is -0.137. The Balaban J connectivity index is 1.44. The number of hydrogen-bond donors (Lipinski definition) is 1. The maximum atomic E-state index is 12.6. The Labute approximate surface area is 196 Å². The molecule has 1 aliphatic carbocycles. The first-order valence-electron chi connectivity index (χ1n) is 10.6. The van der Waals surface area contributed by atoms with Gasteiger partial charge in [-0.15, -0.1) is 21.5 Å². The fourth-order valence-corrected chi connectivity index (χ4v) is 5.82. The highest BCUT2D eigenvalue weighted by molar-refractivity contribution is 7.99. The van der Waals surface area contributed by atoms with E-state index in [2.05, 4.69) is 27.6 Å². The molecule has 3 aromatic rings. The number of carbonyl (C=O) groups is 1. The van der Waals surface area contributed by atoms with Crippen LogP contribution < -0.4 is 10.2 Å². The van der Waals surface area contributed by atoms with E-state index < -0.39 is 0 Å². The molecule has 0 radical (unpaired) electrons. The second kappa shape index (κ2) is 9.76. The van der Waals surface area contributed by atoms with Gasteiger partial charge in [-0.2, -0.15) is 5.26 Å². The van der Waals surface area contributed by atoms with Gasteiger partial charge in [0.15, 0.2) is 11.0 Å². The number of nitrogens with zero attached hydrogens (tertiary/aromatic N) is 5. The number of benzene rings is 1. The fourth-order valence-electron chi connectivity index (χ4n) is 3.86. The molecule has 1 aromatic carbocycles. The molecule has 0 unspecified atom stereocenters. The van der Waals surface area contributed by atoms with E-state index in [0.717, 1.165) is 48.3 Å². The molecule has 1 N–H and O–H groups in total. The number of aryl methyl sites for hydroxylation is 1. The Morgan fingerprint density at radius 1 is 1.28 bits per heavy atom. The van der Waals surface area contributed by atoms with Crippen LogP contribution in [0, 0.1) is 11.3 Å². The van der Waals surface area contributed by atoms with E-state index in [-0.39, 0.29) is 11.7 Å². The quantitative estimate of drug-likeness (QED) is 0.426. The third kappa shape index (κ3) is 4.66. The highest BCUT2D eigenvalue weighted by Crippen LogP contribution is 2.37. The molecule has 0 bridgehead atoms. The summed E-state index contributed by atoms with van der Waals surface area (Å²) in [5, 5.41) is 22.6. The zero-order valence-corrected chi connectivity index (χ0v) is 20.1. The summed E-state index contributed by atoms with van der Waals surface area (Å²) < 4.78 is 1.90. The SMILES string of the molecule is CN(C)c1cccc(-c2nnc(SCC(=O)Nc3sc4c(c3C#N)CCCCC4)n2C)c1. The minimum Gasteiger partial charge on any atom is -0.378 e. The van der Waals surface area contributed by atoms with Gasteiger partial charge in [-0.3, -0.25) is 4.79 Å². The lowest BCUT2D eigenvalue weighted by atomic mass is 10.1. The Hall–Kier alpha value is -2.83. The van der Waals surface area contributed by atoms with Gasteiger partial charge in [0.1, 0.15) is 11.1 Å². The van der Waals surface area contributed by atoms with Crippen LogP contribution in [-0.4, -0.2) is 40.5 Å². The largest absolute Gasteiger partial charge is 0.378 e. The second-order valence-electron chi connectivity index (χ2n) is 8.03. The smallest absolute Gasteiger partial charge is 0.235 e. The van der Waals surface area contributed by atoms with Crippen molar-refractivity contribution >= 4 is 39.7 Å². The number of anilines is 2. The van der Waals surface area contributed by atoms with E-state index in [1.165, 1.54) is 23.1 Å². The standard InChI is InChI=1S/C23H26N6OS2/c1-28(2)16-9-7-8-15(12-16)21-26-27-23(29(21)3)31-14-20(30)25-22-18(13-24)17-10-5-4-6-11-19(17)32-22/h7-9,12H,4-6,10-11,14H2,1-3H3,(H,25,30). The first kappa shape index (κ1) is 22.4. The van der Waals surface area contributed by atoms with Gasteiger partial charge in [-0.05, 0) is 43.4 Å². The summed E-state index contributed by atoms with van der Waals surface area (Å²) in [6, 6.07) is 10.4. The van der Waals surface area contributed by atoms with E-state index in [1.807, 2.05) is 48.8 Å². The summed E-state index contributed by atoms with van der Waals surface area (Å²) in [5.74, 6) is 0.823. The summed E-state index contributed by atoms with van der Waals surface area (Å²) in [4.78, 5) is 15.9. The molecule has 2 heterocycles. The number of aromatic nitrogens is 3. The maximum absolute atomic E-state index is 12.6. The molecule has 4 rings (SSSR count). The van der Waals surface area contributed by atoms with Crippen molar-refractivity contribution in [1.29, 1.82) is 5.26 Å². The molecule has 0 spiro atoms. The van der Waals surface area contributed by atoms with Crippen LogP contribution in [0.3, 0.4) is 0 Å². The number of thioether (sulfide) groups is 1. The van der Waals surface area contributed by atoms with Crippen molar-refractivity contribution in [3.05, 3.63) is 40.3 Å². The monoisotopic (exact) mass is 466 g/mol. The lowest BCUT2D eigenvalue weighted by molar-refractivity contribution is -0.113. The average molecular weight is 467 g/mol. The van der Waals surface area contributed by atoms with Gasteiger partial charge >= 0.3 is 0 Å². The van der Waals surface area contributed by atoms with Crippen LogP contribution in [0.25, 0.3) is 11.4 Å². The van der Waals surface area contributed by atoms with Gasteiger partial charge in [0.25, 0.3) is 0 Å². The van der Waals surface area contributed by atoms with Gasteiger partial charge in [0.05, 0.1) is 11.3 Å². The van der Waals surface area contributed by atoms with Crippen LogP contribution in [0.15, 0.2) is 29.4 Å². The molecule has 0 saturated heterocycles. The predicted octanol–water partition coefficient (Wildman–Crippen LogP) is 4.48. The average Bonchev–Trinajstić information content (AvgIpc) is 3.22. The molecule has 0 atom stereocenters. The number of rotatable bonds is 6. The second-order valence-corrected chi connectivity index (χ2v) is 10.1. The molecule has 0 saturated carbocycles.